The Morgan fingerprint density at radius 1 is 1.24 bits per heavy atom. The van der Waals surface area contributed by atoms with Gasteiger partial charge in [-0.25, -0.2) is 9.07 Å². The van der Waals surface area contributed by atoms with Crippen molar-refractivity contribution in [3.63, 3.8) is 0 Å². The average Bonchev–Trinajstić information content (AvgIpc) is 3.14. The van der Waals surface area contributed by atoms with Crippen molar-refractivity contribution in [2.24, 2.45) is 4.99 Å². The third-order valence-corrected chi connectivity index (χ3v) is 4.22. The van der Waals surface area contributed by atoms with Crippen LogP contribution in [0.2, 0.25) is 5.02 Å². The minimum Gasteiger partial charge on any atom is -0.493 e. The Balaban J connectivity index is 1.82. The van der Waals surface area contributed by atoms with Gasteiger partial charge >= 0.3 is 0 Å². The monoisotopic (exact) mass is 355 g/mol. The van der Waals surface area contributed by atoms with E-state index in [1.54, 1.807) is 12.3 Å². The van der Waals surface area contributed by atoms with Gasteiger partial charge in [0.2, 0.25) is 5.88 Å². The summed E-state index contributed by atoms with van der Waals surface area (Å²) in [5.74, 6) is -0.876. The van der Waals surface area contributed by atoms with Crippen molar-refractivity contribution in [3.8, 4) is 11.6 Å². The fraction of sp³-hybridized carbons (Fsp3) is 0. The van der Waals surface area contributed by atoms with Crippen molar-refractivity contribution in [2.45, 2.75) is 0 Å². The van der Waals surface area contributed by atoms with Crippen LogP contribution in [0.5, 0.6) is 5.88 Å². The molecular weight excluding hydrogens is 345 g/mol. The van der Waals surface area contributed by atoms with Gasteiger partial charge in [0.25, 0.3) is 5.56 Å². The van der Waals surface area contributed by atoms with E-state index in [1.807, 2.05) is 24.3 Å². The highest BCUT2D eigenvalue weighted by atomic mass is 35.5. The molecule has 0 atom stereocenters. The molecule has 7 heteroatoms. The molecule has 2 aromatic carbocycles. The molecule has 0 spiro atoms. The smallest absolute Gasteiger partial charge is 0.275 e. The van der Waals surface area contributed by atoms with Gasteiger partial charge in [-0.3, -0.25) is 14.9 Å². The Morgan fingerprint density at radius 2 is 2.04 bits per heavy atom. The van der Waals surface area contributed by atoms with Crippen LogP contribution in [0.4, 0.5) is 10.1 Å². The van der Waals surface area contributed by atoms with E-state index in [2.05, 4.69) is 10.1 Å². The summed E-state index contributed by atoms with van der Waals surface area (Å²) in [5.41, 5.74) is 2.33. The largest absolute Gasteiger partial charge is 0.493 e. The molecule has 25 heavy (non-hydrogen) atoms. The number of aromatic amines is 1. The van der Waals surface area contributed by atoms with Crippen molar-refractivity contribution in [1.82, 2.24) is 9.78 Å². The standard InChI is InChI=1S/C18H11ClFN3O2/c19-14-8-11(5-6-15(14)20)23-18(25)13(17(24)22-23)7-10-9-21-16-4-2-1-3-12(10)16/h1-9,25H,(H,22,24). The Bertz CT molecular complexity index is 1110. The molecule has 0 unspecified atom stereocenters. The molecule has 1 aromatic heterocycles. The fourth-order valence-electron chi connectivity index (χ4n) is 2.69. The summed E-state index contributed by atoms with van der Waals surface area (Å²) in [6, 6.07) is 11.4. The van der Waals surface area contributed by atoms with E-state index in [4.69, 9.17) is 11.6 Å². The zero-order valence-corrected chi connectivity index (χ0v) is 13.5. The molecule has 0 amide bonds. The second-order valence-corrected chi connectivity index (χ2v) is 5.89. The van der Waals surface area contributed by atoms with E-state index >= 15 is 0 Å². The molecule has 2 N–H and O–H groups in total. The number of allylic oxidation sites excluding steroid dienone is 1. The number of benzene rings is 2. The number of H-pyrrole nitrogens is 1. The summed E-state index contributed by atoms with van der Waals surface area (Å²) >= 11 is 5.77. The number of hydrogen-bond acceptors (Lipinski definition) is 3. The Morgan fingerprint density at radius 3 is 2.84 bits per heavy atom. The lowest BCUT2D eigenvalue weighted by Gasteiger charge is -2.05. The maximum atomic E-state index is 13.3. The van der Waals surface area contributed by atoms with Gasteiger partial charge in [0.05, 0.1) is 16.4 Å². The highest BCUT2D eigenvalue weighted by Gasteiger charge is 2.17. The third kappa shape index (κ3) is 2.56. The van der Waals surface area contributed by atoms with Crippen LogP contribution in [0.25, 0.3) is 17.3 Å². The second kappa shape index (κ2) is 5.75. The quantitative estimate of drug-likeness (QED) is 0.731. The number of aromatic hydroxyl groups is 1. The lowest BCUT2D eigenvalue weighted by Crippen LogP contribution is -2.05. The minimum atomic E-state index is -0.583. The van der Waals surface area contributed by atoms with Crippen LogP contribution >= 0.6 is 11.6 Å². The molecule has 2 heterocycles. The Kier molecular flexibility index (Phi) is 3.54. The minimum absolute atomic E-state index is 0.0820. The molecule has 4 rings (SSSR count). The summed E-state index contributed by atoms with van der Waals surface area (Å²) in [6.07, 6.45) is 3.20. The molecular formula is C18H11ClFN3O2. The number of hydrogen-bond donors (Lipinski definition) is 2. The molecule has 0 bridgehead atoms. The van der Waals surface area contributed by atoms with Crippen LogP contribution in [0.15, 0.2) is 52.3 Å². The van der Waals surface area contributed by atoms with Crippen molar-refractivity contribution >= 4 is 35.2 Å². The molecule has 5 nitrogen and oxygen atoms in total. The van der Waals surface area contributed by atoms with E-state index in [0.29, 0.717) is 11.3 Å². The summed E-state index contributed by atoms with van der Waals surface area (Å²) < 4.78 is 14.5. The van der Waals surface area contributed by atoms with E-state index in [1.165, 1.54) is 12.1 Å². The number of aromatic nitrogens is 2. The number of nitrogens with one attached hydrogen (secondary N) is 1. The number of halogens is 2. The molecule has 124 valence electrons. The van der Waals surface area contributed by atoms with Gasteiger partial charge in [-0.05, 0) is 30.3 Å². The van der Waals surface area contributed by atoms with Crippen molar-refractivity contribution in [1.29, 1.82) is 0 Å². The fourth-order valence-corrected chi connectivity index (χ4v) is 2.86. The van der Waals surface area contributed by atoms with Crippen molar-refractivity contribution in [3.05, 3.63) is 74.8 Å². The first-order valence-electron chi connectivity index (χ1n) is 7.39. The molecule has 0 fully saturated rings. The topological polar surface area (TPSA) is 70.4 Å². The lowest BCUT2D eigenvalue weighted by atomic mass is 10.1. The van der Waals surface area contributed by atoms with Gasteiger partial charge in [-0.15, -0.1) is 0 Å². The van der Waals surface area contributed by atoms with Crippen LogP contribution in [0, 0.1) is 5.82 Å². The third-order valence-electron chi connectivity index (χ3n) is 3.93. The van der Waals surface area contributed by atoms with Crippen molar-refractivity contribution < 1.29 is 9.50 Å². The first-order chi connectivity index (χ1) is 12.0. The van der Waals surface area contributed by atoms with Crippen LogP contribution in [-0.2, 0) is 0 Å². The van der Waals surface area contributed by atoms with Crippen LogP contribution in [0.3, 0.4) is 0 Å². The maximum Gasteiger partial charge on any atom is 0.275 e. The highest BCUT2D eigenvalue weighted by Crippen LogP contribution is 2.33. The van der Waals surface area contributed by atoms with Crippen LogP contribution < -0.4 is 5.56 Å². The summed E-state index contributed by atoms with van der Waals surface area (Å²) in [4.78, 5) is 16.5. The van der Waals surface area contributed by atoms with E-state index in [0.717, 1.165) is 22.0 Å². The van der Waals surface area contributed by atoms with Gasteiger partial charge in [-0.2, -0.15) is 0 Å². The molecule has 1 aliphatic rings. The van der Waals surface area contributed by atoms with Crippen LogP contribution in [0.1, 0.15) is 11.1 Å². The zero-order chi connectivity index (χ0) is 17.6. The number of para-hydroxylation sites is 1. The normalized spacial score (nSPS) is 14.2. The van der Waals surface area contributed by atoms with Gasteiger partial charge < -0.3 is 5.11 Å². The number of aliphatic imine (C=N–C) groups is 1. The van der Waals surface area contributed by atoms with E-state index in [-0.39, 0.29) is 16.5 Å². The van der Waals surface area contributed by atoms with Gasteiger partial charge in [-0.1, -0.05) is 29.8 Å². The Labute approximate surface area is 146 Å². The predicted octanol–water partition coefficient (Wildman–Crippen LogP) is 3.92. The highest BCUT2D eigenvalue weighted by molar-refractivity contribution is 6.30. The van der Waals surface area contributed by atoms with E-state index in [9.17, 15) is 14.3 Å². The first kappa shape index (κ1) is 15.4. The molecule has 0 aliphatic carbocycles. The van der Waals surface area contributed by atoms with Gasteiger partial charge in [0.15, 0.2) is 0 Å². The first-order valence-corrected chi connectivity index (χ1v) is 7.77. The average molecular weight is 356 g/mol. The van der Waals surface area contributed by atoms with Gasteiger partial charge in [0, 0.05) is 17.4 Å². The molecule has 1 aliphatic heterocycles. The number of rotatable bonds is 2. The molecule has 0 saturated heterocycles. The summed E-state index contributed by atoms with van der Waals surface area (Å²) in [5, 5.41) is 12.8. The predicted molar refractivity (Wildman–Crippen MR) is 95.5 cm³/mol. The summed E-state index contributed by atoms with van der Waals surface area (Å²) in [6.45, 7) is 0. The number of nitrogens with zero attached hydrogens (tertiary/aromatic N) is 2. The Hall–Kier alpha value is -3.12. The maximum absolute atomic E-state index is 13.3. The van der Waals surface area contributed by atoms with Crippen LogP contribution in [-0.4, -0.2) is 21.1 Å². The van der Waals surface area contributed by atoms with Crippen molar-refractivity contribution in [2.75, 3.05) is 0 Å². The van der Waals surface area contributed by atoms with Gasteiger partial charge in [0.1, 0.15) is 11.4 Å². The number of fused-ring (bicyclic) bond motifs is 1. The SMILES string of the molecule is O=c1[nH]n(-c2ccc(F)c(Cl)c2)c(O)c1C=C1C=Nc2ccccc21. The van der Waals surface area contributed by atoms with E-state index < -0.39 is 11.4 Å². The molecule has 0 radical (unpaired) electrons. The zero-order valence-electron chi connectivity index (χ0n) is 12.7. The molecule has 3 aromatic rings. The second-order valence-electron chi connectivity index (χ2n) is 5.49. The summed E-state index contributed by atoms with van der Waals surface area (Å²) in [7, 11) is 0. The molecule has 0 saturated carbocycles. The lowest BCUT2D eigenvalue weighted by molar-refractivity contribution is 0.432.